The Kier molecular flexibility index (Phi) is 4.58. The summed E-state index contributed by atoms with van der Waals surface area (Å²) >= 11 is 0. The lowest BCUT2D eigenvalue weighted by Gasteiger charge is -2.25. The standard InChI is InChI=1S/C17H26N2O/c1-20-17-8-7-14(16-6-2-3-9-18-16)12-15(17)13-19-10-4-5-11-19/h7-8,12,16,18H,2-6,9-11,13H2,1H3. The Hall–Kier alpha value is -1.06. The van der Waals surface area contributed by atoms with Gasteiger partial charge in [-0.25, -0.2) is 0 Å². The van der Waals surface area contributed by atoms with Crippen LogP contribution < -0.4 is 10.1 Å². The summed E-state index contributed by atoms with van der Waals surface area (Å²) in [4.78, 5) is 2.54. The summed E-state index contributed by atoms with van der Waals surface area (Å²) in [7, 11) is 1.78. The van der Waals surface area contributed by atoms with Gasteiger partial charge in [0, 0.05) is 18.2 Å². The summed E-state index contributed by atoms with van der Waals surface area (Å²) in [5.41, 5.74) is 2.78. The molecule has 3 rings (SSSR count). The second-order valence-corrected chi connectivity index (χ2v) is 6.06. The number of piperidine rings is 1. The molecule has 0 spiro atoms. The van der Waals surface area contributed by atoms with Crippen LogP contribution in [-0.4, -0.2) is 31.6 Å². The van der Waals surface area contributed by atoms with Gasteiger partial charge in [0.1, 0.15) is 5.75 Å². The molecular formula is C17H26N2O. The number of benzene rings is 1. The lowest BCUT2D eigenvalue weighted by molar-refractivity contribution is 0.320. The summed E-state index contributed by atoms with van der Waals surface area (Å²) in [6.45, 7) is 4.64. The molecule has 2 heterocycles. The highest BCUT2D eigenvalue weighted by Gasteiger charge is 2.18. The van der Waals surface area contributed by atoms with Crippen molar-refractivity contribution in [1.82, 2.24) is 10.2 Å². The summed E-state index contributed by atoms with van der Waals surface area (Å²) in [5.74, 6) is 1.04. The molecule has 1 unspecified atom stereocenters. The number of methoxy groups -OCH3 is 1. The monoisotopic (exact) mass is 274 g/mol. The van der Waals surface area contributed by atoms with Crippen molar-refractivity contribution in [2.75, 3.05) is 26.7 Å². The van der Waals surface area contributed by atoms with Gasteiger partial charge in [-0.2, -0.15) is 0 Å². The molecule has 0 radical (unpaired) electrons. The predicted octanol–water partition coefficient (Wildman–Crippen LogP) is 3.11. The summed E-state index contributed by atoms with van der Waals surface area (Å²) in [6.07, 6.45) is 6.59. The van der Waals surface area contributed by atoms with Gasteiger partial charge in [0.25, 0.3) is 0 Å². The molecule has 1 aromatic carbocycles. The zero-order chi connectivity index (χ0) is 13.8. The van der Waals surface area contributed by atoms with E-state index in [1.165, 1.54) is 56.3 Å². The average Bonchev–Trinajstić information content (AvgIpc) is 3.01. The lowest BCUT2D eigenvalue weighted by Crippen LogP contribution is -2.27. The van der Waals surface area contributed by atoms with E-state index in [0.29, 0.717) is 6.04 Å². The lowest BCUT2D eigenvalue weighted by atomic mass is 9.95. The first-order valence-electron chi connectivity index (χ1n) is 7.99. The third-order valence-corrected chi connectivity index (χ3v) is 4.61. The normalized spacial score (nSPS) is 23.9. The minimum atomic E-state index is 0.534. The molecule has 2 fully saturated rings. The van der Waals surface area contributed by atoms with Crippen molar-refractivity contribution >= 4 is 0 Å². The van der Waals surface area contributed by atoms with Gasteiger partial charge in [-0.1, -0.05) is 12.5 Å². The summed E-state index contributed by atoms with van der Waals surface area (Å²) < 4.78 is 5.55. The predicted molar refractivity (Wildman–Crippen MR) is 82.1 cm³/mol. The van der Waals surface area contributed by atoms with E-state index in [9.17, 15) is 0 Å². The third-order valence-electron chi connectivity index (χ3n) is 4.61. The Morgan fingerprint density at radius 3 is 2.75 bits per heavy atom. The van der Waals surface area contributed by atoms with Gasteiger partial charge in [-0.15, -0.1) is 0 Å². The molecule has 0 amide bonds. The van der Waals surface area contributed by atoms with Crippen LogP contribution >= 0.6 is 0 Å². The smallest absolute Gasteiger partial charge is 0.123 e. The van der Waals surface area contributed by atoms with E-state index in [4.69, 9.17) is 4.74 Å². The Morgan fingerprint density at radius 1 is 1.20 bits per heavy atom. The van der Waals surface area contributed by atoms with Crippen molar-refractivity contribution in [2.45, 2.75) is 44.7 Å². The Balaban J connectivity index is 1.78. The molecule has 110 valence electrons. The second kappa shape index (κ2) is 6.59. The van der Waals surface area contributed by atoms with Gasteiger partial charge in [-0.05, 0) is 63.0 Å². The van der Waals surface area contributed by atoms with Gasteiger partial charge in [0.15, 0.2) is 0 Å². The molecule has 1 aromatic rings. The number of nitrogens with zero attached hydrogens (tertiary/aromatic N) is 1. The summed E-state index contributed by atoms with van der Waals surface area (Å²) in [5, 5.41) is 3.64. The highest BCUT2D eigenvalue weighted by Crippen LogP contribution is 2.29. The first kappa shape index (κ1) is 13.9. The maximum absolute atomic E-state index is 5.55. The van der Waals surface area contributed by atoms with Crippen molar-refractivity contribution in [3.63, 3.8) is 0 Å². The molecule has 20 heavy (non-hydrogen) atoms. The number of nitrogens with one attached hydrogen (secondary N) is 1. The van der Waals surface area contributed by atoms with E-state index in [0.717, 1.165) is 18.8 Å². The van der Waals surface area contributed by atoms with Crippen LogP contribution in [-0.2, 0) is 6.54 Å². The van der Waals surface area contributed by atoms with Crippen LogP contribution in [0.3, 0.4) is 0 Å². The number of hydrogen-bond acceptors (Lipinski definition) is 3. The first-order valence-corrected chi connectivity index (χ1v) is 7.99. The van der Waals surface area contributed by atoms with Crippen LogP contribution in [0.5, 0.6) is 5.75 Å². The second-order valence-electron chi connectivity index (χ2n) is 6.06. The van der Waals surface area contributed by atoms with Crippen molar-refractivity contribution in [3.8, 4) is 5.75 Å². The molecule has 3 heteroatoms. The fourth-order valence-corrected chi connectivity index (χ4v) is 3.46. The molecule has 0 aliphatic carbocycles. The van der Waals surface area contributed by atoms with Crippen LogP contribution in [0.15, 0.2) is 18.2 Å². The fraction of sp³-hybridized carbons (Fsp3) is 0.647. The van der Waals surface area contributed by atoms with Crippen LogP contribution in [0.4, 0.5) is 0 Å². The number of rotatable bonds is 4. The summed E-state index contributed by atoms with van der Waals surface area (Å²) in [6, 6.07) is 7.28. The molecule has 2 saturated heterocycles. The topological polar surface area (TPSA) is 24.5 Å². The van der Waals surface area contributed by atoms with E-state index < -0.39 is 0 Å². The quantitative estimate of drug-likeness (QED) is 0.913. The Morgan fingerprint density at radius 2 is 2.05 bits per heavy atom. The van der Waals surface area contributed by atoms with Gasteiger partial charge < -0.3 is 10.1 Å². The van der Waals surface area contributed by atoms with Crippen molar-refractivity contribution in [3.05, 3.63) is 29.3 Å². The average molecular weight is 274 g/mol. The maximum atomic E-state index is 5.55. The van der Waals surface area contributed by atoms with Crippen molar-refractivity contribution in [1.29, 1.82) is 0 Å². The third kappa shape index (κ3) is 3.15. The van der Waals surface area contributed by atoms with E-state index in [2.05, 4.69) is 28.4 Å². The van der Waals surface area contributed by atoms with Crippen LogP contribution in [0.25, 0.3) is 0 Å². The molecule has 0 aromatic heterocycles. The Bertz CT molecular complexity index is 435. The molecule has 2 aliphatic heterocycles. The minimum absolute atomic E-state index is 0.534. The van der Waals surface area contributed by atoms with E-state index in [1.54, 1.807) is 7.11 Å². The first-order chi connectivity index (χ1) is 9.86. The molecule has 1 atom stereocenters. The number of likely N-dealkylation sites (tertiary alicyclic amines) is 1. The van der Waals surface area contributed by atoms with E-state index in [1.807, 2.05) is 0 Å². The van der Waals surface area contributed by atoms with Crippen molar-refractivity contribution in [2.24, 2.45) is 0 Å². The highest BCUT2D eigenvalue weighted by atomic mass is 16.5. The van der Waals surface area contributed by atoms with Gasteiger partial charge >= 0.3 is 0 Å². The molecule has 1 N–H and O–H groups in total. The zero-order valence-corrected chi connectivity index (χ0v) is 12.5. The van der Waals surface area contributed by atoms with E-state index in [-0.39, 0.29) is 0 Å². The van der Waals surface area contributed by atoms with Crippen molar-refractivity contribution < 1.29 is 4.74 Å². The van der Waals surface area contributed by atoms with Gasteiger partial charge in [-0.3, -0.25) is 4.90 Å². The number of hydrogen-bond donors (Lipinski definition) is 1. The van der Waals surface area contributed by atoms with Crippen LogP contribution in [0.1, 0.15) is 49.3 Å². The van der Waals surface area contributed by atoms with E-state index >= 15 is 0 Å². The minimum Gasteiger partial charge on any atom is -0.496 e. The fourth-order valence-electron chi connectivity index (χ4n) is 3.46. The highest BCUT2D eigenvalue weighted by molar-refractivity contribution is 5.38. The molecule has 0 saturated carbocycles. The largest absolute Gasteiger partial charge is 0.496 e. The zero-order valence-electron chi connectivity index (χ0n) is 12.5. The van der Waals surface area contributed by atoms with Crippen LogP contribution in [0, 0.1) is 0 Å². The van der Waals surface area contributed by atoms with Crippen LogP contribution in [0.2, 0.25) is 0 Å². The molecule has 0 bridgehead atoms. The maximum Gasteiger partial charge on any atom is 0.123 e. The Labute approximate surface area is 122 Å². The molecular weight excluding hydrogens is 248 g/mol. The molecule has 2 aliphatic rings. The van der Waals surface area contributed by atoms with Gasteiger partial charge in [0.05, 0.1) is 7.11 Å². The SMILES string of the molecule is COc1ccc(C2CCCCN2)cc1CN1CCCC1. The molecule has 3 nitrogen and oxygen atoms in total. The number of ether oxygens (including phenoxy) is 1. The van der Waals surface area contributed by atoms with Gasteiger partial charge in [0.2, 0.25) is 0 Å².